The molecule has 0 aliphatic carbocycles. The van der Waals surface area contributed by atoms with Gasteiger partial charge in [0.15, 0.2) is 0 Å². The fourth-order valence-electron chi connectivity index (χ4n) is 1.80. The number of hydrogen-bond donors (Lipinski definition) is 1. The highest BCUT2D eigenvalue weighted by atomic mass is 16.5. The number of phenolic OH excluding ortho intramolecular Hbond substituents is 1. The van der Waals surface area contributed by atoms with E-state index in [-0.39, 0.29) is 5.75 Å². The predicted octanol–water partition coefficient (Wildman–Crippen LogP) is 3.29. The molecule has 0 aliphatic rings. The maximum Gasteiger partial charge on any atom is 0.125 e. The van der Waals surface area contributed by atoms with Gasteiger partial charge in [0.05, 0.1) is 7.11 Å². The lowest BCUT2D eigenvalue weighted by molar-refractivity contribution is 0.295. The van der Waals surface area contributed by atoms with E-state index in [1.165, 1.54) is 0 Å². The molecular weight excluding hydrogens is 228 g/mol. The number of aryl methyl sites for hydroxylation is 1. The van der Waals surface area contributed by atoms with E-state index in [0.717, 1.165) is 16.9 Å². The van der Waals surface area contributed by atoms with Crippen LogP contribution in [0.25, 0.3) is 0 Å². The van der Waals surface area contributed by atoms with Crippen LogP contribution in [0, 0.1) is 6.92 Å². The van der Waals surface area contributed by atoms with Crippen LogP contribution in [0.5, 0.6) is 17.2 Å². The molecule has 2 aromatic carbocycles. The molecule has 0 heterocycles. The van der Waals surface area contributed by atoms with Crippen LogP contribution in [-0.2, 0) is 6.61 Å². The molecule has 0 fully saturated rings. The van der Waals surface area contributed by atoms with E-state index in [4.69, 9.17) is 9.47 Å². The number of methoxy groups -OCH3 is 1. The zero-order valence-electron chi connectivity index (χ0n) is 10.5. The molecule has 0 saturated heterocycles. The molecule has 0 spiro atoms. The van der Waals surface area contributed by atoms with E-state index in [1.807, 2.05) is 37.3 Å². The molecule has 3 nitrogen and oxygen atoms in total. The first-order valence-electron chi connectivity index (χ1n) is 5.74. The maximum absolute atomic E-state index is 9.49. The third kappa shape index (κ3) is 2.94. The molecule has 18 heavy (non-hydrogen) atoms. The standard InChI is InChI=1S/C15H16O3/c1-11-7-13(16)9-14(8-11)18-10-12-5-3-4-6-15(12)17-2/h3-9,16H,10H2,1-2H3. The third-order valence-corrected chi connectivity index (χ3v) is 2.62. The smallest absolute Gasteiger partial charge is 0.125 e. The fraction of sp³-hybridized carbons (Fsp3) is 0.200. The molecule has 0 aromatic heterocycles. The maximum atomic E-state index is 9.49. The Morgan fingerprint density at radius 2 is 1.89 bits per heavy atom. The second-order valence-electron chi connectivity index (χ2n) is 4.10. The zero-order chi connectivity index (χ0) is 13.0. The van der Waals surface area contributed by atoms with Crippen molar-refractivity contribution in [1.82, 2.24) is 0 Å². The topological polar surface area (TPSA) is 38.7 Å². The first kappa shape index (κ1) is 12.3. The highest BCUT2D eigenvalue weighted by molar-refractivity contribution is 5.38. The lowest BCUT2D eigenvalue weighted by atomic mass is 10.2. The summed E-state index contributed by atoms with van der Waals surface area (Å²) in [7, 11) is 1.64. The summed E-state index contributed by atoms with van der Waals surface area (Å²) in [5, 5.41) is 9.49. The van der Waals surface area contributed by atoms with E-state index in [2.05, 4.69) is 0 Å². The number of hydrogen-bond acceptors (Lipinski definition) is 3. The van der Waals surface area contributed by atoms with Gasteiger partial charge in [0.2, 0.25) is 0 Å². The lowest BCUT2D eigenvalue weighted by Crippen LogP contribution is -1.98. The first-order chi connectivity index (χ1) is 8.69. The Balaban J connectivity index is 2.11. The average molecular weight is 244 g/mol. The quantitative estimate of drug-likeness (QED) is 0.897. The summed E-state index contributed by atoms with van der Waals surface area (Å²) >= 11 is 0. The number of aromatic hydroxyl groups is 1. The monoisotopic (exact) mass is 244 g/mol. The number of benzene rings is 2. The molecule has 0 saturated carbocycles. The molecular formula is C15H16O3. The summed E-state index contributed by atoms with van der Waals surface area (Å²) in [6.07, 6.45) is 0. The second kappa shape index (κ2) is 5.45. The van der Waals surface area contributed by atoms with Crippen molar-refractivity contribution < 1.29 is 14.6 Å². The number of phenols is 1. The Morgan fingerprint density at radius 1 is 1.11 bits per heavy atom. The van der Waals surface area contributed by atoms with Gasteiger partial charge in [-0.05, 0) is 30.7 Å². The van der Waals surface area contributed by atoms with Gasteiger partial charge in [-0.15, -0.1) is 0 Å². The van der Waals surface area contributed by atoms with E-state index < -0.39 is 0 Å². The van der Waals surface area contributed by atoms with Gasteiger partial charge in [-0.3, -0.25) is 0 Å². The molecule has 3 heteroatoms. The fourth-order valence-corrected chi connectivity index (χ4v) is 1.80. The number of rotatable bonds is 4. The molecule has 0 aliphatic heterocycles. The first-order valence-corrected chi connectivity index (χ1v) is 5.74. The molecule has 0 unspecified atom stereocenters. The average Bonchev–Trinajstić information content (AvgIpc) is 2.35. The van der Waals surface area contributed by atoms with Crippen LogP contribution in [0.2, 0.25) is 0 Å². The Hall–Kier alpha value is -2.16. The van der Waals surface area contributed by atoms with Gasteiger partial charge in [-0.25, -0.2) is 0 Å². The Morgan fingerprint density at radius 3 is 2.61 bits per heavy atom. The van der Waals surface area contributed by atoms with Crippen molar-refractivity contribution in [2.45, 2.75) is 13.5 Å². The Bertz CT molecular complexity index is 515. The summed E-state index contributed by atoms with van der Waals surface area (Å²) < 4.78 is 10.9. The Labute approximate surface area is 107 Å². The predicted molar refractivity (Wildman–Crippen MR) is 70.2 cm³/mol. The molecule has 0 atom stereocenters. The van der Waals surface area contributed by atoms with Gasteiger partial charge in [0.1, 0.15) is 23.9 Å². The van der Waals surface area contributed by atoms with Crippen molar-refractivity contribution in [2.75, 3.05) is 7.11 Å². The van der Waals surface area contributed by atoms with Gasteiger partial charge in [-0.2, -0.15) is 0 Å². The van der Waals surface area contributed by atoms with Crippen molar-refractivity contribution in [2.24, 2.45) is 0 Å². The van der Waals surface area contributed by atoms with Crippen molar-refractivity contribution in [3.8, 4) is 17.2 Å². The van der Waals surface area contributed by atoms with Crippen molar-refractivity contribution in [1.29, 1.82) is 0 Å². The van der Waals surface area contributed by atoms with E-state index in [9.17, 15) is 5.11 Å². The zero-order valence-corrected chi connectivity index (χ0v) is 10.5. The highest BCUT2D eigenvalue weighted by Crippen LogP contribution is 2.24. The van der Waals surface area contributed by atoms with Crippen LogP contribution in [0.4, 0.5) is 0 Å². The molecule has 2 rings (SSSR count). The van der Waals surface area contributed by atoms with Crippen LogP contribution < -0.4 is 9.47 Å². The van der Waals surface area contributed by atoms with Crippen molar-refractivity contribution >= 4 is 0 Å². The second-order valence-corrected chi connectivity index (χ2v) is 4.10. The Kier molecular flexibility index (Phi) is 3.72. The van der Waals surface area contributed by atoms with Crippen LogP contribution in [0.3, 0.4) is 0 Å². The summed E-state index contributed by atoms with van der Waals surface area (Å²) in [5.41, 5.74) is 1.94. The number of para-hydroxylation sites is 1. The van der Waals surface area contributed by atoms with E-state index in [1.54, 1.807) is 19.2 Å². The van der Waals surface area contributed by atoms with E-state index >= 15 is 0 Å². The minimum atomic E-state index is 0.213. The van der Waals surface area contributed by atoms with Crippen LogP contribution in [0.1, 0.15) is 11.1 Å². The third-order valence-electron chi connectivity index (χ3n) is 2.62. The van der Waals surface area contributed by atoms with Crippen LogP contribution in [-0.4, -0.2) is 12.2 Å². The van der Waals surface area contributed by atoms with Gasteiger partial charge in [-0.1, -0.05) is 18.2 Å². The van der Waals surface area contributed by atoms with Crippen LogP contribution in [0.15, 0.2) is 42.5 Å². The summed E-state index contributed by atoms with van der Waals surface area (Å²) in [6, 6.07) is 12.9. The summed E-state index contributed by atoms with van der Waals surface area (Å²) in [5.74, 6) is 1.66. The molecule has 2 aromatic rings. The van der Waals surface area contributed by atoms with Gasteiger partial charge >= 0.3 is 0 Å². The van der Waals surface area contributed by atoms with Crippen LogP contribution >= 0.6 is 0 Å². The lowest BCUT2D eigenvalue weighted by Gasteiger charge is -2.10. The van der Waals surface area contributed by atoms with Gasteiger partial charge in [0.25, 0.3) is 0 Å². The molecule has 94 valence electrons. The van der Waals surface area contributed by atoms with Crippen molar-refractivity contribution in [3.63, 3.8) is 0 Å². The summed E-state index contributed by atoms with van der Waals surface area (Å²) in [4.78, 5) is 0. The minimum Gasteiger partial charge on any atom is -0.508 e. The largest absolute Gasteiger partial charge is 0.508 e. The molecule has 0 radical (unpaired) electrons. The minimum absolute atomic E-state index is 0.213. The van der Waals surface area contributed by atoms with Gasteiger partial charge < -0.3 is 14.6 Å². The van der Waals surface area contributed by atoms with Crippen molar-refractivity contribution in [3.05, 3.63) is 53.6 Å². The normalized spacial score (nSPS) is 10.1. The SMILES string of the molecule is COc1ccccc1COc1cc(C)cc(O)c1. The van der Waals surface area contributed by atoms with Gasteiger partial charge in [0, 0.05) is 11.6 Å². The molecule has 0 bridgehead atoms. The summed E-state index contributed by atoms with van der Waals surface area (Å²) in [6.45, 7) is 2.32. The number of ether oxygens (including phenoxy) is 2. The van der Waals surface area contributed by atoms with E-state index in [0.29, 0.717) is 12.4 Å². The molecule has 0 amide bonds. The molecule has 1 N–H and O–H groups in total. The highest BCUT2D eigenvalue weighted by Gasteiger charge is 2.03.